The van der Waals surface area contributed by atoms with Crippen LogP contribution in [-0.4, -0.2) is 78.1 Å². The maximum absolute atomic E-state index is 13.4. The maximum atomic E-state index is 13.4. The van der Waals surface area contributed by atoms with Gasteiger partial charge in [0, 0.05) is 24.7 Å². The van der Waals surface area contributed by atoms with Gasteiger partial charge in [-0.3, -0.25) is 0 Å². The zero-order valence-electron chi connectivity index (χ0n) is 18.8. The number of benzene rings is 2. The first-order valence-electron chi connectivity index (χ1n) is 10.9. The highest BCUT2D eigenvalue weighted by atomic mass is 32.2. The van der Waals surface area contributed by atoms with E-state index in [1.54, 1.807) is 22.9 Å². The third-order valence-electron chi connectivity index (χ3n) is 5.82. The molecular weight excluding hydrogens is 510 g/mol. The average molecular weight is 534 g/mol. The Kier molecular flexibility index (Phi) is 6.27. The number of fused-ring (bicyclic) bond motifs is 1. The predicted octanol–water partition coefficient (Wildman–Crippen LogP) is -1.48. The van der Waals surface area contributed by atoms with Crippen molar-refractivity contribution in [2.75, 3.05) is 19.6 Å². The van der Waals surface area contributed by atoms with E-state index in [0.717, 1.165) is 0 Å². The number of nitrogens with zero attached hydrogens (tertiary/aromatic N) is 6. The molecule has 1 saturated heterocycles. The van der Waals surface area contributed by atoms with Crippen LogP contribution in [0.3, 0.4) is 0 Å². The van der Waals surface area contributed by atoms with E-state index in [1.165, 1.54) is 12.1 Å². The summed E-state index contributed by atoms with van der Waals surface area (Å²) < 4.78 is 56.7. The minimum absolute atomic E-state index is 0.125. The molecular formula is C19H23N11O4S2. The lowest BCUT2D eigenvalue weighted by molar-refractivity contribution is 0.555. The van der Waals surface area contributed by atoms with Crippen molar-refractivity contribution in [3.63, 3.8) is 0 Å². The molecule has 5 rings (SSSR count). The van der Waals surface area contributed by atoms with Crippen LogP contribution in [0, 0.1) is 0 Å². The Morgan fingerprint density at radius 1 is 1.11 bits per heavy atom. The summed E-state index contributed by atoms with van der Waals surface area (Å²) in [4.78, 5) is -1.16. The van der Waals surface area contributed by atoms with E-state index in [4.69, 9.17) is 10.9 Å². The van der Waals surface area contributed by atoms with Crippen molar-refractivity contribution in [3.8, 4) is 22.5 Å². The molecule has 4 aromatic rings. The van der Waals surface area contributed by atoms with Crippen molar-refractivity contribution in [2.45, 2.75) is 28.8 Å². The normalized spacial score (nSPS) is 16.7. The summed E-state index contributed by atoms with van der Waals surface area (Å²) in [6, 6.07) is 7.51. The second-order valence-electron chi connectivity index (χ2n) is 8.18. The first kappa shape index (κ1) is 24.3. The van der Waals surface area contributed by atoms with Gasteiger partial charge in [0.05, 0.1) is 17.6 Å². The highest BCUT2D eigenvalue weighted by Gasteiger charge is 2.34. The molecule has 15 nitrogen and oxygen atoms in total. The van der Waals surface area contributed by atoms with Crippen molar-refractivity contribution in [1.29, 1.82) is 0 Å². The fourth-order valence-electron chi connectivity index (χ4n) is 4.31. The minimum Gasteiger partial charge on any atom is -0.329 e. The molecule has 1 fully saturated rings. The molecule has 0 unspecified atom stereocenters. The van der Waals surface area contributed by atoms with Gasteiger partial charge in [-0.2, -0.15) is 5.21 Å². The lowest BCUT2D eigenvalue weighted by Crippen LogP contribution is -2.37. The topological polar surface area (TPSA) is 230 Å². The first-order valence-corrected chi connectivity index (χ1v) is 13.9. The van der Waals surface area contributed by atoms with Crippen molar-refractivity contribution in [3.05, 3.63) is 30.3 Å². The molecule has 1 atom stereocenters. The van der Waals surface area contributed by atoms with Gasteiger partial charge in [0.1, 0.15) is 15.3 Å². The summed E-state index contributed by atoms with van der Waals surface area (Å²) in [5.41, 5.74) is 7.40. The molecule has 7 N–H and O–H groups in total. The second kappa shape index (κ2) is 9.26. The zero-order valence-corrected chi connectivity index (χ0v) is 20.4. The second-order valence-corrected chi connectivity index (χ2v) is 11.4. The van der Waals surface area contributed by atoms with Crippen molar-refractivity contribution in [1.82, 2.24) is 45.7 Å². The van der Waals surface area contributed by atoms with Gasteiger partial charge in [-0.1, -0.05) is 23.4 Å². The van der Waals surface area contributed by atoms with Crippen molar-refractivity contribution < 1.29 is 16.8 Å². The Morgan fingerprint density at radius 2 is 1.94 bits per heavy atom. The number of sulfonamides is 2. The van der Waals surface area contributed by atoms with Gasteiger partial charge in [-0.05, 0) is 35.9 Å². The number of H-pyrrole nitrogens is 1. The average Bonchev–Trinajstić information content (AvgIpc) is 3.60. The van der Waals surface area contributed by atoms with Crippen LogP contribution in [0.25, 0.3) is 33.5 Å². The van der Waals surface area contributed by atoms with Crippen LogP contribution in [0.1, 0.15) is 6.42 Å². The highest BCUT2D eigenvalue weighted by molar-refractivity contribution is 7.92. The quantitative estimate of drug-likeness (QED) is 0.175. The summed E-state index contributed by atoms with van der Waals surface area (Å²) in [6.45, 7) is 1.80. The van der Waals surface area contributed by atoms with Gasteiger partial charge >= 0.3 is 0 Å². The Balaban J connectivity index is 1.80. The van der Waals surface area contributed by atoms with Crippen molar-refractivity contribution >= 4 is 31.1 Å². The van der Waals surface area contributed by atoms with Crippen LogP contribution in [0.15, 0.2) is 40.1 Å². The van der Waals surface area contributed by atoms with Crippen LogP contribution in [0.5, 0.6) is 0 Å². The predicted molar refractivity (Wildman–Crippen MR) is 128 cm³/mol. The number of hydrogen-bond acceptors (Lipinski definition) is 11. The fraction of sp³-hybridized carbons (Fsp3) is 0.316. The standard InChI is InChI=1S/C19H23N11O4S2/c20-7-9-30-14-3-1-2-13(17(14)23-29-30)12-4-5-15(36(33,34)26-11-6-8-22-10-11)18(35(21,31)32)16(12)19-24-27-28-25-19/h1-5,11,22,26H,6-10,20H2,(H2,21,31,32)(H,24,25,27,28)/t11-/m1/s1. The van der Waals surface area contributed by atoms with Crippen LogP contribution in [0.2, 0.25) is 0 Å². The third kappa shape index (κ3) is 4.36. The molecule has 190 valence electrons. The van der Waals surface area contributed by atoms with E-state index < -0.39 is 35.9 Å². The van der Waals surface area contributed by atoms with Gasteiger partial charge < -0.3 is 11.1 Å². The van der Waals surface area contributed by atoms with Gasteiger partial charge in [0.15, 0.2) is 0 Å². The molecule has 0 spiro atoms. The molecule has 0 radical (unpaired) electrons. The molecule has 1 aliphatic rings. The van der Waals surface area contributed by atoms with Gasteiger partial charge in [0.25, 0.3) is 0 Å². The highest BCUT2D eigenvalue weighted by Crippen LogP contribution is 2.40. The van der Waals surface area contributed by atoms with Crippen LogP contribution in [0.4, 0.5) is 0 Å². The summed E-state index contributed by atoms with van der Waals surface area (Å²) in [5, 5.41) is 30.7. The number of hydrogen-bond donors (Lipinski definition) is 5. The molecule has 0 amide bonds. The number of rotatable bonds is 8. The summed E-state index contributed by atoms with van der Waals surface area (Å²) in [7, 11) is -8.91. The van der Waals surface area contributed by atoms with Gasteiger partial charge in [-0.25, -0.2) is 31.4 Å². The molecule has 1 aliphatic heterocycles. The maximum Gasteiger partial charge on any atom is 0.242 e. The molecule has 2 aromatic heterocycles. The summed E-state index contributed by atoms with van der Waals surface area (Å²) in [5.74, 6) is -0.153. The smallest absolute Gasteiger partial charge is 0.242 e. The fourth-order valence-corrected chi connectivity index (χ4v) is 7.18. The summed E-state index contributed by atoms with van der Waals surface area (Å²) in [6.07, 6.45) is 0.556. The Bertz CT molecular complexity index is 1630. The molecule has 3 heterocycles. The molecule has 2 aromatic carbocycles. The molecule has 36 heavy (non-hydrogen) atoms. The lowest BCUT2D eigenvalue weighted by atomic mass is 9.98. The molecule has 0 bridgehead atoms. The number of tetrazole rings is 1. The molecule has 17 heteroatoms. The molecule has 0 aliphatic carbocycles. The number of primary sulfonamides is 1. The third-order valence-corrected chi connectivity index (χ3v) is 8.51. The van der Waals surface area contributed by atoms with Crippen LogP contribution < -0.4 is 20.9 Å². The van der Waals surface area contributed by atoms with Crippen molar-refractivity contribution in [2.24, 2.45) is 10.9 Å². The van der Waals surface area contributed by atoms with E-state index in [1.807, 2.05) is 0 Å². The van der Waals surface area contributed by atoms with E-state index in [0.29, 0.717) is 49.2 Å². The number of nitrogens with one attached hydrogen (secondary N) is 3. The molecule has 0 saturated carbocycles. The number of nitrogens with two attached hydrogens (primary N) is 2. The monoisotopic (exact) mass is 533 g/mol. The van der Waals surface area contributed by atoms with E-state index >= 15 is 0 Å². The Morgan fingerprint density at radius 3 is 2.61 bits per heavy atom. The number of aromatic nitrogens is 7. The largest absolute Gasteiger partial charge is 0.329 e. The zero-order chi connectivity index (χ0) is 25.5. The lowest BCUT2D eigenvalue weighted by Gasteiger charge is -2.18. The van der Waals surface area contributed by atoms with E-state index in [2.05, 4.69) is 41.0 Å². The van der Waals surface area contributed by atoms with E-state index in [9.17, 15) is 16.8 Å². The minimum atomic E-state index is -4.61. The summed E-state index contributed by atoms with van der Waals surface area (Å²) >= 11 is 0. The van der Waals surface area contributed by atoms with Gasteiger partial charge in [-0.15, -0.1) is 15.3 Å². The first-order chi connectivity index (χ1) is 17.2. The number of aromatic amines is 1. The Hall–Kier alpha value is -3.35. The SMILES string of the molecule is NCCn1nnc2c(-c3ccc(S(=O)(=O)N[C@@H]4CCNC4)c(S(N)(=O)=O)c3-c3nn[nH]n3)cccc21. The van der Waals surface area contributed by atoms with E-state index in [-0.39, 0.29) is 17.0 Å². The van der Waals surface area contributed by atoms with Crippen LogP contribution >= 0.6 is 0 Å². The Labute approximate surface area is 205 Å². The van der Waals surface area contributed by atoms with Crippen LogP contribution in [-0.2, 0) is 26.6 Å². The van der Waals surface area contributed by atoms with Gasteiger partial charge in [0.2, 0.25) is 25.9 Å².